The molecule has 0 spiro atoms. The number of amides is 1. The van der Waals surface area contributed by atoms with Gasteiger partial charge in [0.1, 0.15) is 24.0 Å². The van der Waals surface area contributed by atoms with Crippen molar-refractivity contribution in [1.82, 2.24) is 14.0 Å². The third kappa shape index (κ3) is 3.73. The highest BCUT2D eigenvalue weighted by Gasteiger charge is 2.18. The summed E-state index contributed by atoms with van der Waals surface area (Å²) in [5.41, 5.74) is 1.23. The molecule has 0 saturated heterocycles. The lowest BCUT2D eigenvalue weighted by Gasteiger charge is -2.09. The average Bonchev–Trinajstić information content (AvgIpc) is 3.11. The Hall–Kier alpha value is -4.40. The zero-order chi connectivity index (χ0) is 23.1. The molecule has 1 N–H and O–H groups in total. The van der Waals surface area contributed by atoms with Gasteiger partial charge in [0.05, 0.1) is 22.4 Å². The van der Waals surface area contributed by atoms with Crippen LogP contribution in [0.3, 0.4) is 0 Å². The summed E-state index contributed by atoms with van der Waals surface area (Å²) in [6.45, 7) is -0.313. The molecule has 2 aromatic heterocycles. The molecule has 1 amide bonds. The first-order valence-electron chi connectivity index (χ1n) is 9.92. The van der Waals surface area contributed by atoms with Crippen molar-refractivity contribution in [2.45, 2.75) is 6.54 Å². The molecule has 0 fully saturated rings. The Balaban J connectivity index is 1.63. The predicted octanol–water partition coefficient (Wildman–Crippen LogP) is 4.37. The van der Waals surface area contributed by atoms with E-state index in [4.69, 9.17) is 0 Å². The van der Waals surface area contributed by atoms with E-state index >= 15 is 0 Å². The maximum absolute atomic E-state index is 14.0. The molecule has 0 bridgehead atoms. The Labute approximate surface area is 184 Å². The third-order valence-electron chi connectivity index (χ3n) is 5.20. The Morgan fingerprint density at radius 2 is 1.58 bits per heavy atom. The number of hydrogen-bond donors (Lipinski definition) is 1. The van der Waals surface area contributed by atoms with E-state index in [1.807, 2.05) is 0 Å². The molecule has 6 nitrogen and oxygen atoms in total. The Bertz CT molecular complexity index is 1590. The van der Waals surface area contributed by atoms with Crippen LogP contribution in [0.2, 0.25) is 0 Å². The Kier molecular flexibility index (Phi) is 4.93. The number of fused-ring (bicyclic) bond motifs is 3. The van der Waals surface area contributed by atoms with Gasteiger partial charge in [-0.05, 0) is 48.5 Å². The number of carbonyl (C=O) groups is 1. The smallest absolute Gasteiger partial charge is 0.260 e. The number of aromatic nitrogens is 3. The monoisotopic (exact) mass is 448 g/mol. The normalized spacial score (nSPS) is 11.2. The van der Waals surface area contributed by atoms with Crippen LogP contribution < -0.4 is 10.9 Å². The molecular weight excluding hydrogens is 433 g/mol. The second kappa shape index (κ2) is 7.94. The fraction of sp³-hybridized carbons (Fsp3) is 0.0417. The average molecular weight is 448 g/mol. The van der Waals surface area contributed by atoms with Crippen LogP contribution in [-0.4, -0.2) is 19.9 Å². The van der Waals surface area contributed by atoms with Crippen molar-refractivity contribution in [3.63, 3.8) is 0 Å². The van der Waals surface area contributed by atoms with Crippen molar-refractivity contribution in [3.8, 4) is 11.3 Å². The number of nitrogens with zero attached hydrogens (tertiary/aromatic N) is 3. The molecule has 5 rings (SSSR count). The van der Waals surface area contributed by atoms with Gasteiger partial charge in [-0.2, -0.15) is 0 Å². The molecular formula is C24H15F3N4O2. The minimum absolute atomic E-state index is 0.179. The maximum Gasteiger partial charge on any atom is 0.260 e. The fourth-order valence-corrected chi connectivity index (χ4v) is 3.72. The van der Waals surface area contributed by atoms with Gasteiger partial charge in [-0.25, -0.2) is 22.6 Å². The van der Waals surface area contributed by atoms with Gasteiger partial charge in [-0.1, -0.05) is 12.1 Å². The van der Waals surface area contributed by atoms with Crippen LogP contribution in [0, 0.1) is 17.5 Å². The molecule has 0 unspecified atom stereocenters. The minimum atomic E-state index is -0.778. The van der Waals surface area contributed by atoms with Crippen molar-refractivity contribution in [2.24, 2.45) is 0 Å². The van der Waals surface area contributed by atoms with Gasteiger partial charge in [0.2, 0.25) is 11.7 Å². The van der Waals surface area contributed by atoms with Crippen molar-refractivity contribution >= 4 is 28.4 Å². The minimum Gasteiger partial charge on any atom is -0.322 e. The number of rotatable bonds is 4. The van der Waals surface area contributed by atoms with E-state index in [1.54, 1.807) is 24.3 Å². The number of benzene rings is 3. The summed E-state index contributed by atoms with van der Waals surface area (Å²) >= 11 is 0. The van der Waals surface area contributed by atoms with Gasteiger partial charge >= 0.3 is 0 Å². The summed E-state index contributed by atoms with van der Waals surface area (Å²) in [5, 5.41) is 2.35. The lowest BCUT2D eigenvalue weighted by atomic mass is 10.1. The summed E-state index contributed by atoms with van der Waals surface area (Å²) in [4.78, 5) is 30.3. The van der Waals surface area contributed by atoms with Crippen molar-refractivity contribution < 1.29 is 18.0 Å². The van der Waals surface area contributed by atoms with Crippen molar-refractivity contribution in [3.05, 3.63) is 101 Å². The molecule has 33 heavy (non-hydrogen) atoms. The highest BCUT2D eigenvalue weighted by Crippen LogP contribution is 2.23. The second-order valence-electron chi connectivity index (χ2n) is 7.37. The molecule has 9 heteroatoms. The topological polar surface area (TPSA) is 68.4 Å². The zero-order valence-corrected chi connectivity index (χ0v) is 16.9. The molecule has 164 valence electrons. The Morgan fingerprint density at radius 1 is 0.879 bits per heavy atom. The van der Waals surface area contributed by atoms with Crippen molar-refractivity contribution in [1.29, 1.82) is 0 Å². The molecule has 5 aromatic rings. The molecule has 0 atom stereocenters. The summed E-state index contributed by atoms with van der Waals surface area (Å²) in [6, 6.07) is 16.5. The number of nitrogens with one attached hydrogen (secondary N) is 1. The van der Waals surface area contributed by atoms with Crippen LogP contribution in [0.15, 0.2) is 77.6 Å². The van der Waals surface area contributed by atoms with Crippen LogP contribution in [-0.2, 0) is 11.3 Å². The van der Waals surface area contributed by atoms with Crippen LogP contribution >= 0.6 is 0 Å². The van der Waals surface area contributed by atoms with Crippen LogP contribution in [0.1, 0.15) is 0 Å². The van der Waals surface area contributed by atoms with E-state index < -0.39 is 23.4 Å². The standard InChI is InChI=1S/C24H15F3N4O2/c25-15-7-5-14(6-8-15)18-12-23(33)31-21-4-2-1-3-20(21)30(24(31)29-18)13-22(32)28-19-11-16(26)9-10-17(19)27/h1-12H,13H2,(H,28,32). The quantitative estimate of drug-likeness (QED) is 0.444. The summed E-state index contributed by atoms with van der Waals surface area (Å²) in [7, 11) is 0. The number of hydrogen-bond acceptors (Lipinski definition) is 3. The first-order chi connectivity index (χ1) is 15.9. The predicted molar refractivity (Wildman–Crippen MR) is 117 cm³/mol. The molecule has 3 aromatic carbocycles. The maximum atomic E-state index is 14.0. The zero-order valence-electron chi connectivity index (χ0n) is 16.9. The Morgan fingerprint density at radius 3 is 2.33 bits per heavy atom. The summed E-state index contributed by atoms with van der Waals surface area (Å²) in [5.74, 6) is -2.35. The molecule has 0 aliphatic carbocycles. The van der Waals surface area contributed by atoms with Gasteiger partial charge in [-0.15, -0.1) is 0 Å². The third-order valence-corrected chi connectivity index (χ3v) is 5.20. The lowest BCUT2D eigenvalue weighted by Crippen LogP contribution is -2.21. The van der Waals surface area contributed by atoms with E-state index in [9.17, 15) is 22.8 Å². The lowest BCUT2D eigenvalue weighted by molar-refractivity contribution is -0.116. The van der Waals surface area contributed by atoms with Gasteiger partial charge in [-0.3, -0.25) is 9.59 Å². The van der Waals surface area contributed by atoms with E-state index in [-0.39, 0.29) is 23.6 Å². The second-order valence-corrected chi connectivity index (χ2v) is 7.37. The van der Waals surface area contributed by atoms with E-state index in [1.165, 1.54) is 39.3 Å². The van der Waals surface area contributed by atoms with Gasteiger partial charge in [0, 0.05) is 17.7 Å². The van der Waals surface area contributed by atoms with Crippen LogP contribution in [0.5, 0.6) is 0 Å². The van der Waals surface area contributed by atoms with Gasteiger partial charge < -0.3 is 9.88 Å². The van der Waals surface area contributed by atoms with Gasteiger partial charge in [0.25, 0.3) is 5.56 Å². The molecule has 0 saturated carbocycles. The first kappa shape index (κ1) is 20.5. The number of halogens is 3. The molecule has 0 aliphatic heterocycles. The van der Waals surface area contributed by atoms with E-state index in [2.05, 4.69) is 10.3 Å². The van der Waals surface area contributed by atoms with E-state index in [0.29, 0.717) is 22.3 Å². The number of imidazole rings is 1. The number of anilines is 1. The molecule has 0 aliphatic rings. The highest BCUT2D eigenvalue weighted by atomic mass is 19.1. The van der Waals surface area contributed by atoms with Crippen LogP contribution in [0.25, 0.3) is 28.1 Å². The highest BCUT2D eigenvalue weighted by molar-refractivity contribution is 5.93. The fourth-order valence-electron chi connectivity index (χ4n) is 3.72. The summed E-state index contributed by atoms with van der Waals surface area (Å²) in [6.07, 6.45) is 0. The number of para-hydroxylation sites is 2. The van der Waals surface area contributed by atoms with E-state index in [0.717, 1.165) is 18.2 Å². The summed E-state index contributed by atoms with van der Waals surface area (Å²) < 4.78 is 43.6. The first-order valence-corrected chi connectivity index (χ1v) is 9.92. The molecule has 0 radical (unpaired) electrons. The van der Waals surface area contributed by atoms with Gasteiger partial charge in [0.15, 0.2) is 0 Å². The van der Waals surface area contributed by atoms with Crippen LogP contribution in [0.4, 0.5) is 18.9 Å². The number of carbonyl (C=O) groups excluding carboxylic acids is 1. The van der Waals surface area contributed by atoms with Crippen molar-refractivity contribution in [2.75, 3.05) is 5.32 Å². The SMILES string of the molecule is O=C(Cn1c2ccccc2n2c(=O)cc(-c3ccc(F)cc3)nc12)Nc1cc(F)ccc1F. The largest absolute Gasteiger partial charge is 0.322 e. The molecule has 2 heterocycles.